The molecule has 1 aliphatic rings. The van der Waals surface area contributed by atoms with Crippen LogP contribution in [0.2, 0.25) is 0 Å². The van der Waals surface area contributed by atoms with Crippen molar-refractivity contribution in [1.82, 2.24) is 24.5 Å². The van der Waals surface area contributed by atoms with Crippen LogP contribution in [0.25, 0.3) is 16.6 Å². The van der Waals surface area contributed by atoms with Gasteiger partial charge in [0.05, 0.1) is 11.9 Å². The number of carbonyl (C=O) groups is 1. The van der Waals surface area contributed by atoms with Gasteiger partial charge in [-0.05, 0) is 43.7 Å². The summed E-state index contributed by atoms with van der Waals surface area (Å²) in [6, 6.07) is 14.1. The van der Waals surface area contributed by atoms with Gasteiger partial charge in [-0.2, -0.15) is 0 Å². The van der Waals surface area contributed by atoms with Gasteiger partial charge in [0.2, 0.25) is 11.9 Å². The Morgan fingerprint density at radius 2 is 1.87 bits per heavy atom. The number of anilines is 1. The largest absolute Gasteiger partial charge is 0.338 e. The SMILES string of the molecule is Cc1nnc2c3ccccc3nc(N3CCN(C(=O)Cc4ccc(F)cc4)[C@@H](C)C3)n12. The van der Waals surface area contributed by atoms with E-state index >= 15 is 0 Å². The van der Waals surface area contributed by atoms with E-state index in [1.165, 1.54) is 12.1 Å². The predicted molar refractivity (Wildman–Crippen MR) is 117 cm³/mol. The fourth-order valence-electron chi connectivity index (χ4n) is 4.29. The van der Waals surface area contributed by atoms with Crippen LogP contribution in [0, 0.1) is 12.7 Å². The van der Waals surface area contributed by atoms with Crippen LogP contribution in [0.3, 0.4) is 0 Å². The summed E-state index contributed by atoms with van der Waals surface area (Å²) in [4.78, 5) is 21.9. The molecule has 1 aliphatic heterocycles. The normalized spacial score (nSPS) is 16.9. The van der Waals surface area contributed by atoms with E-state index in [-0.39, 0.29) is 24.2 Å². The first-order chi connectivity index (χ1) is 15.0. The summed E-state index contributed by atoms with van der Waals surface area (Å²) in [5.74, 6) is 1.34. The number of aromatic nitrogens is 4. The minimum absolute atomic E-state index is 0.0156. The Balaban J connectivity index is 1.40. The average Bonchev–Trinajstić information content (AvgIpc) is 3.16. The van der Waals surface area contributed by atoms with Crippen molar-refractivity contribution in [2.24, 2.45) is 0 Å². The molecule has 0 aliphatic carbocycles. The first-order valence-electron chi connectivity index (χ1n) is 10.4. The molecule has 0 unspecified atom stereocenters. The van der Waals surface area contributed by atoms with Crippen molar-refractivity contribution >= 4 is 28.4 Å². The molecule has 0 N–H and O–H groups in total. The minimum atomic E-state index is -0.295. The molecular formula is C23H23FN6O. The molecule has 0 bridgehead atoms. The molecule has 7 nitrogen and oxygen atoms in total. The molecule has 5 rings (SSSR count). The maximum Gasteiger partial charge on any atom is 0.227 e. The maximum atomic E-state index is 13.1. The molecule has 1 atom stereocenters. The number of piperazine rings is 1. The summed E-state index contributed by atoms with van der Waals surface area (Å²) in [7, 11) is 0. The monoisotopic (exact) mass is 418 g/mol. The molecule has 1 amide bonds. The van der Waals surface area contributed by atoms with E-state index in [9.17, 15) is 9.18 Å². The summed E-state index contributed by atoms with van der Waals surface area (Å²) in [6.45, 7) is 5.89. The third kappa shape index (κ3) is 3.48. The lowest BCUT2D eigenvalue weighted by atomic mass is 10.1. The van der Waals surface area contributed by atoms with Crippen LogP contribution in [0.15, 0.2) is 48.5 Å². The quantitative estimate of drug-likeness (QED) is 0.512. The highest BCUT2D eigenvalue weighted by Crippen LogP contribution is 2.25. The number of hydrogen-bond acceptors (Lipinski definition) is 5. The van der Waals surface area contributed by atoms with Crippen molar-refractivity contribution in [3.05, 3.63) is 65.7 Å². The highest BCUT2D eigenvalue weighted by atomic mass is 19.1. The number of amides is 1. The Hall–Kier alpha value is -3.55. The second-order valence-corrected chi connectivity index (χ2v) is 8.02. The molecule has 3 heterocycles. The number of benzene rings is 2. The van der Waals surface area contributed by atoms with Gasteiger partial charge in [0.25, 0.3) is 0 Å². The number of nitrogens with zero attached hydrogens (tertiary/aromatic N) is 6. The van der Waals surface area contributed by atoms with Crippen LogP contribution in [0.5, 0.6) is 0 Å². The van der Waals surface area contributed by atoms with E-state index in [1.54, 1.807) is 12.1 Å². The van der Waals surface area contributed by atoms with E-state index in [0.717, 1.165) is 33.9 Å². The van der Waals surface area contributed by atoms with Crippen molar-refractivity contribution in [2.45, 2.75) is 26.3 Å². The van der Waals surface area contributed by atoms with Gasteiger partial charge < -0.3 is 9.80 Å². The topological polar surface area (TPSA) is 66.6 Å². The van der Waals surface area contributed by atoms with Crippen LogP contribution >= 0.6 is 0 Å². The van der Waals surface area contributed by atoms with Crippen LogP contribution in [-0.2, 0) is 11.2 Å². The molecule has 8 heteroatoms. The molecule has 2 aromatic heterocycles. The van der Waals surface area contributed by atoms with Crippen LogP contribution in [0.1, 0.15) is 18.3 Å². The standard InChI is InChI=1S/C23H23FN6O/c1-15-14-28(11-12-29(15)21(31)13-17-7-9-18(24)10-8-17)23-25-20-6-4-3-5-19(20)22-27-26-16(2)30(22)23/h3-10,15H,11-14H2,1-2H3/t15-/m0/s1. The molecule has 2 aromatic carbocycles. The summed E-state index contributed by atoms with van der Waals surface area (Å²) in [5.41, 5.74) is 2.49. The Kier molecular flexibility index (Phi) is 4.77. The van der Waals surface area contributed by atoms with Gasteiger partial charge in [-0.3, -0.25) is 4.79 Å². The Morgan fingerprint density at radius 3 is 2.65 bits per heavy atom. The zero-order valence-corrected chi connectivity index (χ0v) is 17.5. The summed E-state index contributed by atoms with van der Waals surface area (Å²) in [5, 5.41) is 9.61. The fourth-order valence-corrected chi connectivity index (χ4v) is 4.29. The third-order valence-electron chi connectivity index (χ3n) is 5.89. The third-order valence-corrected chi connectivity index (χ3v) is 5.89. The average molecular weight is 418 g/mol. The number of para-hydroxylation sites is 1. The van der Waals surface area contributed by atoms with Gasteiger partial charge in [0.15, 0.2) is 5.65 Å². The van der Waals surface area contributed by atoms with E-state index in [0.29, 0.717) is 19.6 Å². The number of hydrogen-bond donors (Lipinski definition) is 0. The van der Waals surface area contributed by atoms with Gasteiger partial charge in [-0.1, -0.05) is 24.3 Å². The number of aryl methyl sites for hydroxylation is 1. The van der Waals surface area contributed by atoms with Gasteiger partial charge in [0.1, 0.15) is 11.6 Å². The number of halogens is 1. The second kappa shape index (κ2) is 7.61. The zero-order valence-electron chi connectivity index (χ0n) is 17.5. The summed E-state index contributed by atoms with van der Waals surface area (Å²) in [6.07, 6.45) is 0.271. The van der Waals surface area contributed by atoms with Crippen molar-refractivity contribution in [1.29, 1.82) is 0 Å². The summed E-state index contributed by atoms with van der Waals surface area (Å²) < 4.78 is 15.1. The first kappa shape index (κ1) is 19.4. The minimum Gasteiger partial charge on any atom is -0.338 e. The smallest absolute Gasteiger partial charge is 0.227 e. The van der Waals surface area contributed by atoms with Gasteiger partial charge in [0, 0.05) is 31.1 Å². The number of fused-ring (bicyclic) bond motifs is 3. The Bertz CT molecular complexity index is 1270. The van der Waals surface area contributed by atoms with E-state index in [4.69, 9.17) is 4.98 Å². The van der Waals surface area contributed by atoms with Crippen LogP contribution in [-0.4, -0.2) is 56.1 Å². The molecule has 158 valence electrons. The molecule has 0 spiro atoms. The maximum absolute atomic E-state index is 13.1. The molecular weight excluding hydrogens is 395 g/mol. The van der Waals surface area contributed by atoms with E-state index in [2.05, 4.69) is 15.1 Å². The molecule has 1 fully saturated rings. The molecule has 0 radical (unpaired) electrons. The van der Waals surface area contributed by atoms with Gasteiger partial charge >= 0.3 is 0 Å². The van der Waals surface area contributed by atoms with Crippen molar-refractivity contribution in [3.63, 3.8) is 0 Å². The molecule has 0 saturated carbocycles. The van der Waals surface area contributed by atoms with Crippen LogP contribution in [0.4, 0.5) is 10.3 Å². The lowest BCUT2D eigenvalue weighted by Gasteiger charge is -2.40. The molecule has 4 aromatic rings. The highest BCUT2D eigenvalue weighted by Gasteiger charge is 2.30. The Morgan fingerprint density at radius 1 is 1.10 bits per heavy atom. The Labute approximate surface area is 179 Å². The molecule has 31 heavy (non-hydrogen) atoms. The van der Waals surface area contributed by atoms with Crippen LogP contribution < -0.4 is 4.90 Å². The lowest BCUT2D eigenvalue weighted by molar-refractivity contribution is -0.132. The highest BCUT2D eigenvalue weighted by molar-refractivity contribution is 5.92. The van der Waals surface area contributed by atoms with Crippen molar-refractivity contribution in [3.8, 4) is 0 Å². The predicted octanol–water partition coefficient (Wildman–Crippen LogP) is 3.00. The zero-order chi connectivity index (χ0) is 21.5. The van der Waals surface area contributed by atoms with Gasteiger partial charge in [-0.25, -0.2) is 13.8 Å². The van der Waals surface area contributed by atoms with Crippen molar-refractivity contribution < 1.29 is 9.18 Å². The first-order valence-corrected chi connectivity index (χ1v) is 10.4. The number of carbonyl (C=O) groups excluding carboxylic acids is 1. The number of rotatable bonds is 3. The fraction of sp³-hybridized carbons (Fsp3) is 0.304. The lowest BCUT2D eigenvalue weighted by Crippen LogP contribution is -2.55. The van der Waals surface area contributed by atoms with E-state index in [1.807, 2.05) is 47.4 Å². The molecule has 1 saturated heterocycles. The van der Waals surface area contributed by atoms with E-state index < -0.39 is 0 Å². The summed E-state index contributed by atoms with van der Waals surface area (Å²) >= 11 is 0. The van der Waals surface area contributed by atoms with Crippen molar-refractivity contribution in [2.75, 3.05) is 24.5 Å². The van der Waals surface area contributed by atoms with Gasteiger partial charge in [-0.15, -0.1) is 10.2 Å². The second-order valence-electron chi connectivity index (χ2n) is 8.02.